The van der Waals surface area contributed by atoms with Crippen LogP contribution in [0.1, 0.15) is 26.7 Å². The smallest absolute Gasteiger partial charge is 0.311 e. The van der Waals surface area contributed by atoms with E-state index >= 15 is 0 Å². The predicted molar refractivity (Wildman–Crippen MR) is 59.1 cm³/mol. The maximum atomic E-state index is 11.1. The summed E-state index contributed by atoms with van der Waals surface area (Å²) in [6.07, 6.45) is 0.783. The number of hydrogen-bond donors (Lipinski definition) is 1. The number of nitrogens with one attached hydrogen (secondary N) is 1. The van der Waals surface area contributed by atoms with Crippen LogP contribution in [0.2, 0.25) is 0 Å². The van der Waals surface area contributed by atoms with Crippen LogP contribution in [0, 0.1) is 0 Å². The average Bonchev–Trinajstić information content (AvgIpc) is 2.24. The topological polar surface area (TPSA) is 57.0 Å². The van der Waals surface area contributed by atoms with Gasteiger partial charge in [-0.3, -0.25) is 9.59 Å². The molecule has 0 radical (unpaired) electrons. The zero-order valence-electron chi connectivity index (χ0n) is 10.4. The highest BCUT2D eigenvalue weighted by Gasteiger charge is 2.10. The molecule has 0 rings (SSSR count). The third-order valence-electron chi connectivity index (χ3n) is 2.12. The minimum atomic E-state index is -0.182. The third kappa shape index (κ3) is 8.23. The van der Waals surface area contributed by atoms with Gasteiger partial charge >= 0.3 is 11.9 Å². The molecule has 0 amide bonds. The summed E-state index contributed by atoms with van der Waals surface area (Å²) in [6.45, 7) is 5.77. The molecule has 1 N–H and O–H groups in total. The van der Waals surface area contributed by atoms with Crippen LogP contribution < -0.4 is 4.90 Å². The van der Waals surface area contributed by atoms with Crippen LogP contribution in [0.3, 0.4) is 0 Å². The number of ether oxygens (including phenoxy) is 2. The molecule has 0 aliphatic rings. The second-order valence-corrected chi connectivity index (χ2v) is 3.57. The van der Waals surface area contributed by atoms with E-state index in [0.29, 0.717) is 39.1 Å². The van der Waals surface area contributed by atoms with Crippen molar-refractivity contribution in [2.75, 3.05) is 33.4 Å². The fraction of sp³-hybridized carbons (Fsp3) is 0.818. The van der Waals surface area contributed by atoms with Crippen LogP contribution in [-0.2, 0) is 19.1 Å². The summed E-state index contributed by atoms with van der Waals surface area (Å²) in [5.74, 6) is -0.365. The van der Waals surface area contributed by atoms with E-state index < -0.39 is 0 Å². The molecule has 0 spiro atoms. The zero-order chi connectivity index (χ0) is 12.4. The highest BCUT2D eigenvalue weighted by Crippen LogP contribution is 1.84. The minimum Gasteiger partial charge on any atom is -0.466 e. The van der Waals surface area contributed by atoms with Gasteiger partial charge in [-0.05, 0) is 13.8 Å². The molecule has 0 aromatic heterocycles. The first kappa shape index (κ1) is 14.9. The van der Waals surface area contributed by atoms with Gasteiger partial charge in [-0.1, -0.05) is 0 Å². The van der Waals surface area contributed by atoms with Gasteiger partial charge < -0.3 is 14.4 Å². The first-order valence-electron chi connectivity index (χ1n) is 5.72. The number of quaternary nitrogens is 1. The van der Waals surface area contributed by atoms with E-state index in [1.807, 2.05) is 7.05 Å². The van der Waals surface area contributed by atoms with E-state index in [1.165, 1.54) is 0 Å². The fourth-order valence-electron chi connectivity index (χ4n) is 1.22. The van der Waals surface area contributed by atoms with E-state index in [1.54, 1.807) is 13.8 Å². The summed E-state index contributed by atoms with van der Waals surface area (Å²) in [5, 5.41) is 0. The second-order valence-electron chi connectivity index (χ2n) is 3.57. The molecule has 94 valence electrons. The highest BCUT2D eigenvalue weighted by atomic mass is 16.5. The van der Waals surface area contributed by atoms with Gasteiger partial charge in [-0.25, -0.2) is 0 Å². The molecular formula is C11H22NO4+. The Morgan fingerprint density at radius 2 is 1.31 bits per heavy atom. The Morgan fingerprint density at radius 3 is 1.62 bits per heavy atom. The van der Waals surface area contributed by atoms with Crippen LogP contribution in [-0.4, -0.2) is 45.3 Å². The summed E-state index contributed by atoms with van der Waals surface area (Å²) in [7, 11) is 1.94. The molecule has 5 nitrogen and oxygen atoms in total. The Kier molecular flexibility index (Phi) is 8.52. The van der Waals surface area contributed by atoms with Crippen LogP contribution in [0.4, 0.5) is 0 Å². The summed E-state index contributed by atoms with van der Waals surface area (Å²) in [4.78, 5) is 23.2. The van der Waals surface area contributed by atoms with Crippen molar-refractivity contribution in [1.82, 2.24) is 0 Å². The molecule has 0 fully saturated rings. The first-order valence-corrected chi connectivity index (χ1v) is 5.72. The van der Waals surface area contributed by atoms with Crippen molar-refractivity contribution >= 4 is 11.9 Å². The van der Waals surface area contributed by atoms with Gasteiger partial charge in [0.2, 0.25) is 0 Å². The molecule has 0 aliphatic carbocycles. The standard InChI is InChI=1S/C11H21NO4/c1-4-15-10(13)6-8-12(3)9-7-11(14)16-5-2/h4-9H2,1-3H3/p+1. The maximum absolute atomic E-state index is 11.1. The normalized spacial score (nSPS) is 10.2. The predicted octanol–water partition coefficient (Wildman–Crippen LogP) is -0.592. The molecule has 0 aliphatic heterocycles. The van der Waals surface area contributed by atoms with Gasteiger partial charge in [0.15, 0.2) is 0 Å². The van der Waals surface area contributed by atoms with Crippen molar-refractivity contribution in [2.24, 2.45) is 0 Å². The second kappa shape index (κ2) is 9.15. The molecule has 0 atom stereocenters. The van der Waals surface area contributed by atoms with Crippen molar-refractivity contribution < 1.29 is 24.0 Å². The van der Waals surface area contributed by atoms with Crippen LogP contribution >= 0.6 is 0 Å². The van der Waals surface area contributed by atoms with E-state index in [-0.39, 0.29) is 11.9 Å². The largest absolute Gasteiger partial charge is 0.466 e. The highest BCUT2D eigenvalue weighted by molar-refractivity contribution is 5.69. The lowest BCUT2D eigenvalue weighted by Crippen LogP contribution is -3.09. The lowest BCUT2D eigenvalue weighted by Gasteiger charge is -2.12. The van der Waals surface area contributed by atoms with Crippen LogP contribution in [0.25, 0.3) is 0 Å². The van der Waals surface area contributed by atoms with Crippen molar-refractivity contribution in [3.8, 4) is 0 Å². The fourth-order valence-corrected chi connectivity index (χ4v) is 1.22. The molecule has 0 heterocycles. The van der Waals surface area contributed by atoms with Gasteiger partial charge in [0.1, 0.15) is 0 Å². The van der Waals surface area contributed by atoms with Crippen molar-refractivity contribution in [2.45, 2.75) is 26.7 Å². The number of carbonyl (C=O) groups excluding carboxylic acids is 2. The Bertz CT molecular complexity index is 196. The van der Waals surface area contributed by atoms with Crippen molar-refractivity contribution in [3.63, 3.8) is 0 Å². The molecule has 0 saturated carbocycles. The van der Waals surface area contributed by atoms with Gasteiger partial charge in [0.05, 0.1) is 46.2 Å². The van der Waals surface area contributed by atoms with E-state index in [9.17, 15) is 9.59 Å². The minimum absolute atomic E-state index is 0.182. The van der Waals surface area contributed by atoms with Crippen LogP contribution in [0.15, 0.2) is 0 Å². The Labute approximate surface area is 96.7 Å². The van der Waals surface area contributed by atoms with E-state index in [4.69, 9.17) is 9.47 Å². The third-order valence-corrected chi connectivity index (χ3v) is 2.12. The quantitative estimate of drug-likeness (QED) is 0.568. The Morgan fingerprint density at radius 1 is 0.938 bits per heavy atom. The lowest BCUT2D eigenvalue weighted by molar-refractivity contribution is -0.878. The summed E-state index contributed by atoms with van der Waals surface area (Å²) in [5.41, 5.74) is 0. The molecule has 0 unspecified atom stereocenters. The number of carbonyl (C=O) groups is 2. The molecular weight excluding hydrogens is 210 g/mol. The number of esters is 2. The van der Waals surface area contributed by atoms with Gasteiger partial charge in [0.25, 0.3) is 0 Å². The summed E-state index contributed by atoms with van der Waals surface area (Å²) < 4.78 is 9.63. The zero-order valence-corrected chi connectivity index (χ0v) is 10.4. The molecule has 0 aromatic rings. The monoisotopic (exact) mass is 232 g/mol. The van der Waals surface area contributed by atoms with Gasteiger partial charge in [-0.2, -0.15) is 0 Å². The summed E-state index contributed by atoms with van der Waals surface area (Å²) >= 11 is 0. The first-order chi connectivity index (χ1) is 7.60. The molecule has 16 heavy (non-hydrogen) atoms. The number of hydrogen-bond acceptors (Lipinski definition) is 4. The molecule has 5 heteroatoms. The van der Waals surface area contributed by atoms with Gasteiger partial charge in [-0.15, -0.1) is 0 Å². The van der Waals surface area contributed by atoms with E-state index in [0.717, 1.165) is 4.90 Å². The van der Waals surface area contributed by atoms with Gasteiger partial charge in [0, 0.05) is 0 Å². The average molecular weight is 232 g/mol. The number of rotatable bonds is 8. The van der Waals surface area contributed by atoms with E-state index in [2.05, 4.69) is 0 Å². The lowest BCUT2D eigenvalue weighted by atomic mass is 10.3. The van der Waals surface area contributed by atoms with Crippen molar-refractivity contribution in [1.29, 1.82) is 0 Å². The molecule has 0 bridgehead atoms. The molecule has 0 saturated heterocycles. The Balaban J connectivity index is 3.54. The van der Waals surface area contributed by atoms with Crippen LogP contribution in [0.5, 0.6) is 0 Å². The summed E-state index contributed by atoms with van der Waals surface area (Å²) in [6, 6.07) is 0. The maximum Gasteiger partial charge on any atom is 0.311 e. The molecule has 0 aromatic carbocycles. The Hall–Kier alpha value is -1.10. The SMILES string of the molecule is CCOC(=O)CC[NH+](C)CCC(=O)OCC. The van der Waals surface area contributed by atoms with Crippen molar-refractivity contribution in [3.05, 3.63) is 0 Å².